The Morgan fingerprint density at radius 2 is 1.78 bits per heavy atom. The zero-order chi connectivity index (χ0) is 25.8. The first-order valence-electron chi connectivity index (χ1n) is 13.0. The summed E-state index contributed by atoms with van der Waals surface area (Å²) in [4.78, 5) is 42.1. The van der Waals surface area contributed by atoms with Gasteiger partial charge in [-0.3, -0.25) is 14.5 Å². The van der Waals surface area contributed by atoms with Crippen LogP contribution < -0.4 is 10.1 Å². The van der Waals surface area contributed by atoms with E-state index < -0.39 is 12.0 Å². The second kappa shape index (κ2) is 11.3. The maximum absolute atomic E-state index is 13.7. The summed E-state index contributed by atoms with van der Waals surface area (Å²) in [5.41, 5.74) is 1.64. The average molecular weight is 508 g/mol. The molecule has 9 nitrogen and oxygen atoms in total. The van der Waals surface area contributed by atoms with Crippen molar-refractivity contribution < 1.29 is 29.0 Å². The highest BCUT2D eigenvalue weighted by Crippen LogP contribution is 2.26. The lowest BCUT2D eigenvalue weighted by molar-refractivity contribution is -0.129. The van der Waals surface area contributed by atoms with E-state index in [1.54, 1.807) is 41.3 Å². The Morgan fingerprint density at radius 3 is 2.59 bits per heavy atom. The van der Waals surface area contributed by atoms with E-state index >= 15 is 0 Å². The first-order chi connectivity index (χ1) is 18.0. The highest BCUT2D eigenvalue weighted by atomic mass is 16.5. The molecule has 0 spiro atoms. The summed E-state index contributed by atoms with van der Waals surface area (Å²) in [6.07, 6.45) is 3.68. The van der Waals surface area contributed by atoms with Crippen LogP contribution in [0.4, 0.5) is 0 Å². The van der Waals surface area contributed by atoms with Crippen molar-refractivity contribution >= 4 is 17.8 Å². The number of rotatable bonds is 3. The Morgan fingerprint density at radius 1 is 1.00 bits per heavy atom. The van der Waals surface area contributed by atoms with Crippen LogP contribution in [0.25, 0.3) is 0 Å². The second-order valence-corrected chi connectivity index (χ2v) is 9.94. The lowest BCUT2D eigenvalue weighted by Gasteiger charge is -2.41. The maximum Gasteiger partial charge on any atom is 0.335 e. The molecule has 2 aromatic carbocycles. The predicted molar refractivity (Wildman–Crippen MR) is 136 cm³/mol. The number of carbonyl (C=O) groups is 3. The van der Waals surface area contributed by atoms with Crippen molar-refractivity contribution in [2.24, 2.45) is 0 Å². The summed E-state index contributed by atoms with van der Waals surface area (Å²) in [7, 11) is 0. The van der Waals surface area contributed by atoms with Gasteiger partial charge in [0.1, 0.15) is 11.8 Å². The fourth-order valence-electron chi connectivity index (χ4n) is 5.36. The van der Waals surface area contributed by atoms with Crippen LogP contribution in [0.3, 0.4) is 0 Å². The molecule has 3 aliphatic heterocycles. The third kappa shape index (κ3) is 5.94. The van der Waals surface area contributed by atoms with E-state index in [2.05, 4.69) is 10.2 Å². The molecule has 3 heterocycles. The van der Waals surface area contributed by atoms with Crippen molar-refractivity contribution in [3.8, 4) is 5.75 Å². The Balaban J connectivity index is 1.38. The Bertz CT molecular complexity index is 1140. The number of carboxylic acid groups (broad SMARTS) is 1. The van der Waals surface area contributed by atoms with Crippen LogP contribution in [-0.4, -0.2) is 83.7 Å². The molecule has 0 radical (unpaired) electrons. The number of piperazine rings is 1. The van der Waals surface area contributed by atoms with Crippen LogP contribution in [0.5, 0.6) is 5.75 Å². The monoisotopic (exact) mass is 507 g/mol. The van der Waals surface area contributed by atoms with Crippen LogP contribution in [0.15, 0.2) is 48.5 Å². The summed E-state index contributed by atoms with van der Waals surface area (Å²) in [5, 5.41) is 12.2. The Labute approximate surface area is 216 Å². The smallest absolute Gasteiger partial charge is 0.335 e. The highest BCUT2D eigenvalue weighted by molar-refractivity contribution is 6.00. The third-order valence-electron chi connectivity index (χ3n) is 7.39. The van der Waals surface area contributed by atoms with Crippen molar-refractivity contribution in [2.45, 2.75) is 50.5 Å². The predicted octanol–water partition coefficient (Wildman–Crippen LogP) is 2.55. The largest absolute Gasteiger partial charge is 0.493 e. The summed E-state index contributed by atoms with van der Waals surface area (Å²) in [6.45, 7) is 2.79. The number of aromatic carboxylic acids is 1. The minimum absolute atomic E-state index is 0.0467. The lowest BCUT2D eigenvalue weighted by atomic mass is 10.0. The van der Waals surface area contributed by atoms with E-state index in [-0.39, 0.29) is 29.6 Å². The Hall–Kier alpha value is -3.43. The number of carboxylic acids is 1. The highest BCUT2D eigenvalue weighted by Gasteiger charge is 2.37. The molecular formula is C28H33N3O6. The number of hydrogen-bond acceptors (Lipinski definition) is 6. The van der Waals surface area contributed by atoms with Crippen LogP contribution in [0.1, 0.15) is 52.0 Å². The molecule has 2 saturated heterocycles. The molecule has 5 rings (SSSR count). The van der Waals surface area contributed by atoms with Gasteiger partial charge in [-0.25, -0.2) is 4.79 Å². The van der Waals surface area contributed by atoms with Gasteiger partial charge in [0.25, 0.3) is 5.91 Å². The molecule has 3 aliphatic rings. The average Bonchev–Trinajstić information content (AvgIpc) is 2.92. The molecule has 3 atom stereocenters. The fraction of sp³-hybridized carbons (Fsp3) is 0.464. The minimum Gasteiger partial charge on any atom is -0.493 e. The Kier molecular flexibility index (Phi) is 7.71. The van der Waals surface area contributed by atoms with Crippen molar-refractivity contribution in [2.75, 3.05) is 32.8 Å². The molecule has 0 aromatic heterocycles. The topological polar surface area (TPSA) is 108 Å². The molecule has 37 heavy (non-hydrogen) atoms. The minimum atomic E-state index is -0.965. The number of fused-ring (bicyclic) bond motifs is 4. The summed E-state index contributed by atoms with van der Waals surface area (Å²) < 4.78 is 12.3. The summed E-state index contributed by atoms with van der Waals surface area (Å²) in [6, 6.07) is 13.3. The summed E-state index contributed by atoms with van der Waals surface area (Å²) in [5.74, 6) is -0.847. The maximum atomic E-state index is 13.7. The number of nitrogens with one attached hydrogen (secondary N) is 1. The summed E-state index contributed by atoms with van der Waals surface area (Å²) >= 11 is 0. The zero-order valence-electron chi connectivity index (χ0n) is 20.8. The van der Waals surface area contributed by atoms with Gasteiger partial charge >= 0.3 is 5.97 Å². The van der Waals surface area contributed by atoms with Crippen molar-refractivity contribution in [1.82, 2.24) is 15.1 Å². The molecule has 0 saturated carbocycles. The van der Waals surface area contributed by atoms with Crippen molar-refractivity contribution in [1.29, 1.82) is 0 Å². The molecule has 196 valence electrons. The number of amides is 2. The van der Waals surface area contributed by atoms with Gasteiger partial charge in [0.2, 0.25) is 5.91 Å². The van der Waals surface area contributed by atoms with Crippen LogP contribution >= 0.6 is 0 Å². The number of ether oxygens (including phenoxy) is 2. The van der Waals surface area contributed by atoms with Gasteiger partial charge in [0.15, 0.2) is 0 Å². The van der Waals surface area contributed by atoms with E-state index in [1.165, 1.54) is 0 Å². The number of carbonyl (C=O) groups excluding carboxylic acids is 2. The van der Waals surface area contributed by atoms with Gasteiger partial charge in [-0.15, -0.1) is 0 Å². The van der Waals surface area contributed by atoms with Crippen molar-refractivity contribution in [3.63, 3.8) is 0 Å². The van der Waals surface area contributed by atoms with E-state index in [1.807, 2.05) is 12.1 Å². The van der Waals surface area contributed by atoms with Gasteiger partial charge in [-0.2, -0.15) is 0 Å². The first kappa shape index (κ1) is 25.2. The van der Waals surface area contributed by atoms with Gasteiger partial charge < -0.3 is 24.8 Å². The van der Waals surface area contributed by atoms with E-state index in [4.69, 9.17) is 14.6 Å². The first-order valence-corrected chi connectivity index (χ1v) is 13.0. The number of para-hydroxylation sites is 1. The molecule has 2 amide bonds. The zero-order valence-corrected chi connectivity index (χ0v) is 20.8. The number of nitrogens with zero attached hydrogens (tertiary/aromatic N) is 2. The molecular weight excluding hydrogens is 474 g/mol. The molecule has 2 aromatic rings. The third-order valence-corrected chi connectivity index (χ3v) is 7.39. The van der Waals surface area contributed by atoms with Gasteiger partial charge in [0, 0.05) is 39.1 Å². The molecule has 2 fully saturated rings. The molecule has 0 unspecified atom stereocenters. The molecule has 0 aliphatic carbocycles. The van der Waals surface area contributed by atoms with Crippen molar-refractivity contribution in [3.05, 3.63) is 65.2 Å². The fourth-order valence-corrected chi connectivity index (χ4v) is 5.36. The SMILES string of the molecule is O=C(O)c1ccc(CN2CCN3C(=O)c4ccccc4OCC[C@@H]4CCC[C@@H](CNC(=O)[C@@H]3C2)O4)cc1. The van der Waals surface area contributed by atoms with Gasteiger partial charge in [0.05, 0.1) is 29.9 Å². The molecule has 2 N–H and O–H groups in total. The molecule has 9 heteroatoms. The van der Waals surface area contributed by atoms with E-state index in [0.717, 1.165) is 31.2 Å². The van der Waals surface area contributed by atoms with Crippen LogP contribution in [-0.2, 0) is 16.1 Å². The number of hydrogen-bond donors (Lipinski definition) is 2. The van der Waals surface area contributed by atoms with E-state index in [0.29, 0.717) is 50.6 Å². The van der Waals surface area contributed by atoms with Gasteiger partial charge in [-0.1, -0.05) is 24.3 Å². The molecule has 2 bridgehead atoms. The van der Waals surface area contributed by atoms with Crippen LogP contribution in [0, 0.1) is 0 Å². The van der Waals surface area contributed by atoms with E-state index in [9.17, 15) is 14.4 Å². The lowest BCUT2D eigenvalue weighted by Crippen LogP contribution is -2.61. The normalized spacial score (nSPS) is 25.2. The number of benzene rings is 2. The standard InChI is InChI=1S/C28H33N3O6/c32-26-24-18-30(17-19-8-10-20(11-9-19)28(34)35)13-14-31(24)27(33)23-6-1-2-7-25(23)36-15-12-21-4-3-5-22(37-21)16-29-26/h1-2,6-11,21-22,24H,3-5,12-18H2,(H,29,32)(H,34,35)/t21-,22-,24-/m0/s1. The quantitative estimate of drug-likeness (QED) is 0.657. The van der Waals surface area contributed by atoms with Gasteiger partial charge in [-0.05, 0) is 49.1 Å². The second-order valence-electron chi connectivity index (χ2n) is 9.94. The van der Waals surface area contributed by atoms with Crippen LogP contribution in [0.2, 0.25) is 0 Å².